The molecule has 1 aromatic rings. The standard InChI is InChI=1S/C10H7Cl/c1-7-9-5-3-2-4-8(9)6-10(7)11/h2-6H,1H2. The zero-order valence-corrected chi connectivity index (χ0v) is 6.73. The second-order valence-electron chi connectivity index (χ2n) is 2.56. The molecule has 0 saturated heterocycles. The van der Waals surface area contributed by atoms with Crippen molar-refractivity contribution in [3.63, 3.8) is 0 Å². The van der Waals surface area contributed by atoms with Gasteiger partial charge in [0.25, 0.3) is 0 Å². The van der Waals surface area contributed by atoms with Crippen LogP contribution in [0.3, 0.4) is 0 Å². The maximum absolute atomic E-state index is 5.89. The van der Waals surface area contributed by atoms with Crippen molar-refractivity contribution in [1.82, 2.24) is 0 Å². The molecular formula is C10H7Cl. The number of rotatable bonds is 0. The molecule has 0 saturated carbocycles. The summed E-state index contributed by atoms with van der Waals surface area (Å²) in [5, 5.41) is 0.756. The number of hydrogen-bond acceptors (Lipinski definition) is 0. The van der Waals surface area contributed by atoms with Crippen LogP contribution in [0.4, 0.5) is 0 Å². The second kappa shape index (κ2) is 2.24. The van der Waals surface area contributed by atoms with Crippen LogP contribution in [0.5, 0.6) is 0 Å². The molecule has 1 aliphatic rings. The molecule has 0 aliphatic heterocycles. The molecule has 0 nitrogen and oxygen atoms in total. The average Bonchev–Trinajstić information content (AvgIpc) is 2.30. The largest absolute Gasteiger partial charge is 0.0896 e. The summed E-state index contributed by atoms with van der Waals surface area (Å²) in [6.45, 7) is 3.88. The number of halogens is 1. The van der Waals surface area contributed by atoms with Gasteiger partial charge in [0, 0.05) is 5.03 Å². The summed E-state index contributed by atoms with van der Waals surface area (Å²) >= 11 is 5.89. The minimum absolute atomic E-state index is 0.756. The van der Waals surface area contributed by atoms with Gasteiger partial charge in [0.1, 0.15) is 0 Å². The highest BCUT2D eigenvalue weighted by Gasteiger charge is 2.13. The van der Waals surface area contributed by atoms with Gasteiger partial charge in [-0.2, -0.15) is 0 Å². The van der Waals surface area contributed by atoms with E-state index >= 15 is 0 Å². The van der Waals surface area contributed by atoms with Crippen molar-refractivity contribution >= 4 is 23.3 Å². The second-order valence-corrected chi connectivity index (χ2v) is 2.97. The monoisotopic (exact) mass is 162 g/mol. The van der Waals surface area contributed by atoms with E-state index in [2.05, 4.69) is 6.58 Å². The molecule has 54 valence electrons. The first-order chi connectivity index (χ1) is 5.29. The van der Waals surface area contributed by atoms with Crippen LogP contribution in [0, 0.1) is 0 Å². The Balaban J connectivity index is 2.67. The van der Waals surface area contributed by atoms with Crippen LogP contribution in [-0.2, 0) is 0 Å². The number of hydrogen-bond donors (Lipinski definition) is 0. The predicted octanol–water partition coefficient (Wildman–Crippen LogP) is 3.29. The molecule has 1 heteroatoms. The molecule has 0 amide bonds. The Morgan fingerprint density at radius 2 is 1.91 bits per heavy atom. The van der Waals surface area contributed by atoms with Gasteiger partial charge in [0.05, 0.1) is 0 Å². The molecule has 1 aliphatic carbocycles. The Morgan fingerprint density at radius 1 is 1.18 bits per heavy atom. The Kier molecular flexibility index (Phi) is 1.36. The Morgan fingerprint density at radius 3 is 2.64 bits per heavy atom. The van der Waals surface area contributed by atoms with Crippen molar-refractivity contribution in [3.05, 3.63) is 47.0 Å². The van der Waals surface area contributed by atoms with Gasteiger partial charge >= 0.3 is 0 Å². The fraction of sp³-hybridized carbons (Fsp3) is 0. The summed E-state index contributed by atoms with van der Waals surface area (Å²) in [7, 11) is 0. The van der Waals surface area contributed by atoms with Crippen LogP contribution in [-0.4, -0.2) is 0 Å². The molecule has 1 aromatic carbocycles. The summed E-state index contributed by atoms with van der Waals surface area (Å²) in [5.41, 5.74) is 3.25. The van der Waals surface area contributed by atoms with Gasteiger partial charge in [-0.15, -0.1) is 0 Å². The van der Waals surface area contributed by atoms with E-state index in [0.717, 1.165) is 16.2 Å². The van der Waals surface area contributed by atoms with Crippen LogP contribution < -0.4 is 0 Å². The lowest BCUT2D eigenvalue weighted by atomic mass is 10.1. The maximum atomic E-state index is 5.89. The van der Waals surface area contributed by atoms with Crippen molar-refractivity contribution in [2.24, 2.45) is 0 Å². The molecule has 11 heavy (non-hydrogen) atoms. The molecule has 0 N–H and O–H groups in total. The normalized spacial score (nSPS) is 14.6. The lowest BCUT2D eigenvalue weighted by Gasteiger charge is -1.97. The van der Waals surface area contributed by atoms with E-state index in [1.807, 2.05) is 30.3 Å². The van der Waals surface area contributed by atoms with Gasteiger partial charge < -0.3 is 0 Å². The minimum Gasteiger partial charge on any atom is -0.0896 e. The highest BCUT2D eigenvalue weighted by molar-refractivity contribution is 6.40. The summed E-state index contributed by atoms with van der Waals surface area (Å²) < 4.78 is 0. The van der Waals surface area contributed by atoms with Gasteiger partial charge in [0.15, 0.2) is 0 Å². The molecular weight excluding hydrogens is 156 g/mol. The van der Waals surface area contributed by atoms with E-state index in [1.165, 1.54) is 5.56 Å². The maximum Gasteiger partial charge on any atom is 0.0484 e. The molecule has 0 radical (unpaired) electrons. The molecule has 0 atom stereocenters. The van der Waals surface area contributed by atoms with Crippen LogP contribution in [0.25, 0.3) is 11.6 Å². The Bertz CT molecular complexity index is 348. The number of fused-ring (bicyclic) bond motifs is 1. The highest BCUT2D eigenvalue weighted by Crippen LogP contribution is 2.35. The third-order valence-corrected chi connectivity index (χ3v) is 2.19. The highest BCUT2D eigenvalue weighted by atomic mass is 35.5. The minimum atomic E-state index is 0.756. The van der Waals surface area contributed by atoms with Gasteiger partial charge in [-0.3, -0.25) is 0 Å². The van der Waals surface area contributed by atoms with Crippen LogP contribution in [0.1, 0.15) is 11.1 Å². The zero-order chi connectivity index (χ0) is 7.84. The quantitative estimate of drug-likeness (QED) is 0.549. The smallest absolute Gasteiger partial charge is 0.0484 e. The van der Waals surface area contributed by atoms with Gasteiger partial charge in [0.2, 0.25) is 0 Å². The first-order valence-electron chi connectivity index (χ1n) is 3.45. The molecule has 0 unspecified atom stereocenters. The molecule has 0 heterocycles. The van der Waals surface area contributed by atoms with Crippen LogP contribution in [0.15, 0.2) is 35.9 Å². The molecule has 0 fully saturated rings. The van der Waals surface area contributed by atoms with Crippen molar-refractivity contribution < 1.29 is 0 Å². The van der Waals surface area contributed by atoms with E-state index in [0.29, 0.717) is 0 Å². The van der Waals surface area contributed by atoms with E-state index in [-0.39, 0.29) is 0 Å². The number of allylic oxidation sites excluding steroid dienone is 2. The van der Waals surface area contributed by atoms with Crippen LogP contribution in [0.2, 0.25) is 0 Å². The van der Waals surface area contributed by atoms with E-state index in [9.17, 15) is 0 Å². The fourth-order valence-corrected chi connectivity index (χ4v) is 1.47. The van der Waals surface area contributed by atoms with Crippen molar-refractivity contribution in [2.45, 2.75) is 0 Å². The first-order valence-corrected chi connectivity index (χ1v) is 3.83. The molecule has 0 aromatic heterocycles. The number of benzene rings is 1. The topological polar surface area (TPSA) is 0 Å². The third kappa shape index (κ3) is 0.908. The van der Waals surface area contributed by atoms with Gasteiger partial charge in [-0.25, -0.2) is 0 Å². The van der Waals surface area contributed by atoms with Crippen molar-refractivity contribution in [1.29, 1.82) is 0 Å². The Hall–Kier alpha value is -1.01. The van der Waals surface area contributed by atoms with E-state index < -0.39 is 0 Å². The van der Waals surface area contributed by atoms with Crippen molar-refractivity contribution in [3.8, 4) is 0 Å². The predicted molar refractivity (Wildman–Crippen MR) is 49.3 cm³/mol. The summed E-state index contributed by atoms with van der Waals surface area (Å²) in [6, 6.07) is 8.06. The Labute approximate surface area is 70.8 Å². The zero-order valence-electron chi connectivity index (χ0n) is 5.97. The van der Waals surface area contributed by atoms with Gasteiger partial charge in [-0.05, 0) is 22.8 Å². The average molecular weight is 163 g/mol. The summed E-state index contributed by atoms with van der Waals surface area (Å²) in [4.78, 5) is 0. The lowest BCUT2D eigenvalue weighted by molar-refractivity contribution is 1.62. The molecule has 2 rings (SSSR count). The molecule has 0 spiro atoms. The van der Waals surface area contributed by atoms with Gasteiger partial charge in [-0.1, -0.05) is 42.4 Å². The van der Waals surface area contributed by atoms with E-state index in [4.69, 9.17) is 11.6 Å². The fourth-order valence-electron chi connectivity index (χ4n) is 1.25. The lowest BCUT2D eigenvalue weighted by Crippen LogP contribution is -1.77. The first kappa shape index (κ1) is 6.68. The summed E-state index contributed by atoms with van der Waals surface area (Å²) in [6.07, 6.45) is 1.94. The van der Waals surface area contributed by atoms with Crippen LogP contribution >= 0.6 is 11.6 Å². The third-order valence-electron chi connectivity index (χ3n) is 1.86. The SMILES string of the molecule is C=C1C(Cl)=Cc2ccccc21. The van der Waals surface area contributed by atoms with Crippen molar-refractivity contribution in [2.75, 3.05) is 0 Å². The summed E-state index contributed by atoms with van der Waals surface area (Å²) in [5.74, 6) is 0. The molecule has 0 bridgehead atoms. The van der Waals surface area contributed by atoms with E-state index in [1.54, 1.807) is 0 Å².